The fraction of sp³-hybridized carbons (Fsp3) is 0.222. The predicted molar refractivity (Wildman–Crippen MR) is 97.9 cm³/mol. The Kier molecular flexibility index (Phi) is 5.22. The molecule has 1 amide bonds. The van der Waals surface area contributed by atoms with E-state index in [1.165, 1.54) is 19.2 Å². The Morgan fingerprint density at radius 3 is 2.65 bits per heavy atom. The number of carbonyl (C=O) groups is 2. The SMILES string of the molecule is COC(=O)c1cc(C(=O)N2CCCSc3ccccc32)cc([N+](=O)[O-])c1. The molecule has 0 fully saturated rings. The van der Waals surface area contributed by atoms with Crippen molar-refractivity contribution in [3.8, 4) is 0 Å². The molecule has 1 aliphatic rings. The maximum absolute atomic E-state index is 13.1. The van der Waals surface area contributed by atoms with Crippen LogP contribution in [0.5, 0.6) is 0 Å². The lowest BCUT2D eigenvalue weighted by Gasteiger charge is -2.22. The Balaban J connectivity index is 2.06. The number of para-hydroxylation sites is 1. The molecule has 0 unspecified atom stereocenters. The molecule has 0 aromatic heterocycles. The third-order valence-electron chi connectivity index (χ3n) is 3.98. The van der Waals surface area contributed by atoms with Gasteiger partial charge in [-0.2, -0.15) is 0 Å². The number of hydrogen-bond acceptors (Lipinski definition) is 6. The lowest BCUT2D eigenvalue weighted by molar-refractivity contribution is -0.384. The number of carbonyl (C=O) groups excluding carboxylic acids is 2. The van der Waals surface area contributed by atoms with Crippen molar-refractivity contribution in [2.24, 2.45) is 0 Å². The predicted octanol–water partition coefficient (Wildman–Crippen LogP) is 3.52. The van der Waals surface area contributed by atoms with Crippen LogP contribution in [0.3, 0.4) is 0 Å². The van der Waals surface area contributed by atoms with Crippen molar-refractivity contribution >= 4 is 35.0 Å². The van der Waals surface area contributed by atoms with Gasteiger partial charge in [-0.05, 0) is 30.4 Å². The van der Waals surface area contributed by atoms with E-state index >= 15 is 0 Å². The van der Waals surface area contributed by atoms with E-state index < -0.39 is 10.9 Å². The maximum Gasteiger partial charge on any atom is 0.338 e. The van der Waals surface area contributed by atoms with E-state index in [9.17, 15) is 19.7 Å². The number of esters is 1. The van der Waals surface area contributed by atoms with Gasteiger partial charge in [-0.1, -0.05) is 12.1 Å². The number of nitro benzene ring substituents is 1. The van der Waals surface area contributed by atoms with Crippen LogP contribution in [-0.2, 0) is 4.74 Å². The van der Waals surface area contributed by atoms with Gasteiger partial charge in [0.1, 0.15) is 0 Å². The second-order valence-corrected chi connectivity index (χ2v) is 6.78. The molecule has 0 atom stereocenters. The van der Waals surface area contributed by atoms with Gasteiger partial charge in [0, 0.05) is 29.1 Å². The number of amides is 1. The molecule has 0 saturated heterocycles. The van der Waals surface area contributed by atoms with Crippen molar-refractivity contribution in [2.45, 2.75) is 11.3 Å². The zero-order valence-corrected chi connectivity index (χ0v) is 14.8. The minimum Gasteiger partial charge on any atom is -0.465 e. The first-order valence-electron chi connectivity index (χ1n) is 7.93. The Bertz CT molecular complexity index is 884. The Hall–Kier alpha value is -2.87. The Morgan fingerprint density at radius 1 is 1.19 bits per heavy atom. The van der Waals surface area contributed by atoms with E-state index in [1.807, 2.05) is 24.3 Å². The van der Waals surface area contributed by atoms with Crippen molar-refractivity contribution in [3.63, 3.8) is 0 Å². The van der Waals surface area contributed by atoms with Crippen LogP contribution in [0.15, 0.2) is 47.4 Å². The first kappa shape index (κ1) is 17.9. The van der Waals surface area contributed by atoms with Crippen molar-refractivity contribution < 1.29 is 19.2 Å². The third-order valence-corrected chi connectivity index (χ3v) is 5.13. The van der Waals surface area contributed by atoms with Gasteiger partial charge in [0.15, 0.2) is 0 Å². The van der Waals surface area contributed by atoms with Gasteiger partial charge in [-0.25, -0.2) is 4.79 Å². The minimum absolute atomic E-state index is 0.0254. The zero-order chi connectivity index (χ0) is 18.7. The first-order chi connectivity index (χ1) is 12.5. The number of hydrogen-bond donors (Lipinski definition) is 0. The fourth-order valence-corrected chi connectivity index (χ4v) is 3.76. The second kappa shape index (κ2) is 7.57. The molecule has 0 spiro atoms. The summed E-state index contributed by atoms with van der Waals surface area (Å²) in [4.78, 5) is 38.1. The Labute approximate surface area is 154 Å². The summed E-state index contributed by atoms with van der Waals surface area (Å²) < 4.78 is 4.64. The molecule has 3 rings (SSSR count). The van der Waals surface area contributed by atoms with Gasteiger partial charge in [0.25, 0.3) is 11.6 Å². The standard InChI is InChI=1S/C18H16N2O5S/c1-25-18(22)13-9-12(10-14(11-13)20(23)24)17(21)19-7-4-8-26-16-6-3-2-5-15(16)19/h2-3,5-6,9-11H,4,7-8H2,1H3. The molecule has 2 aromatic rings. The van der Waals surface area contributed by atoms with Crippen LogP contribution in [0.2, 0.25) is 0 Å². The molecule has 0 bridgehead atoms. The number of fused-ring (bicyclic) bond motifs is 1. The largest absolute Gasteiger partial charge is 0.465 e. The van der Waals surface area contributed by atoms with Crippen LogP contribution < -0.4 is 4.90 Å². The van der Waals surface area contributed by atoms with Crippen LogP contribution in [0.1, 0.15) is 27.1 Å². The summed E-state index contributed by atoms with van der Waals surface area (Å²) in [7, 11) is 1.19. The highest BCUT2D eigenvalue weighted by molar-refractivity contribution is 7.99. The smallest absolute Gasteiger partial charge is 0.338 e. The number of thioether (sulfide) groups is 1. The Morgan fingerprint density at radius 2 is 1.92 bits per heavy atom. The summed E-state index contributed by atoms with van der Waals surface area (Å²) in [5.74, 6) is -0.230. The third kappa shape index (κ3) is 3.55. The highest BCUT2D eigenvalue weighted by atomic mass is 32.2. The quantitative estimate of drug-likeness (QED) is 0.465. The second-order valence-electron chi connectivity index (χ2n) is 5.64. The fourth-order valence-electron chi connectivity index (χ4n) is 2.77. The lowest BCUT2D eigenvalue weighted by Crippen LogP contribution is -2.32. The highest BCUT2D eigenvalue weighted by Gasteiger charge is 2.25. The molecule has 26 heavy (non-hydrogen) atoms. The summed E-state index contributed by atoms with van der Waals surface area (Å²) in [6, 6.07) is 11.2. The monoisotopic (exact) mass is 372 g/mol. The molecule has 134 valence electrons. The normalized spacial score (nSPS) is 13.5. The van der Waals surface area contributed by atoms with Crippen LogP contribution in [0.25, 0.3) is 0 Å². The van der Waals surface area contributed by atoms with Crippen LogP contribution in [0.4, 0.5) is 11.4 Å². The van der Waals surface area contributed by atoms with Crippen LogP contribution in [-0.4, -0.2) is 36.2 Å². The molecule has 1 heterocycles. The van der Waals surface area contributed by atoms with E-state index in [0.29, 0.717) is 6.54 Å². The molecule has 2 aromatic carbocycles. The van der Waals surface area contributed by atoms with Crippen LogP contribution >= 0.6 is 11.8 Å². The van der Waals surface area contributed by atoms with Gasteiger partial charge in [-0.3, -0.25) is 14.9 Å². The summed E-state index contributed by atoms with van der Waals surface area (Å²) in [6.07, 6.45) is 0.796. The molecule has 0 saturated carbocycles. The van der Waals surface area contributed by atoms with Gasteiger partial charge in [0.2, 0.25) is 0 Å². The van der Waals surface area contributed by atoms with E-state index in [0.717, 1.165) is 28.8 Å². The number of benzene rings is 2. The highest BCUT2D eigenvalue weighted by Crippen LogP contribution is 2.34. The number of anilines is 1. The summed E-state index contributed by atoms with van der Waals surface area (Å²) in [5, 5.41) is 11.2. The molecule has 0 aliphatic carbocycles. The van der Waals surface area contributed by atoms with E-state index in [2.05, 4.69) is 4.74 Å². The number of non-ortho nitro benzene ring substituents is 1. The van der Waals surface area contributed by atoms with E-state index in [4.69, 9.17) is 0 Å². The van der Waals surface area contributed by atoms with Gasteiger partial charge >= 0.3 is 5.97 Å². The number of methoxy groups -OCH3 is 1. The van der Waals surface area contributed by atoms with Gasteiger partial charge in [-0.15, -0.1) is 11.8 Å². The van der Waals surface area contributed by atoms with Crippen molar-refractivity contribution in [1.29, 1.82) is 0 Å². The number of rotatable bonds is 3. The average molecular weight is 372 g/mol. The summed E-state index contributed by atoms with van der Waals surface area (Å²) in [5.41, 5.74) is 0.503. The molecule has 0 N–H and O–H groups in total. The van der Waals surface area contributed by atoms with Gasteiger partial charge < -0.3 is 9.64 Å². The van der Waals surface area contributed by atoms with Crippen molar-refractivity contribution in [2.75, 3.05) is 24.3 Å². The number of ether oxygens (including phenoxy) is 1. The molecule has 7 nitrogen and oxygen atoms in total. The van der Waals surface area contributed by atoms with Crippen molar-refractivity contribution in [1.82, 2.24) is 0 Å². The summed E-state index contributed by atoms with van der Waals surface area (Å²) >= 11 is 1.67. The average Bonchev–Trinajstić information content (AvgIpc) is 2.88. The number of nitrogens with zero attached hydrogens (tertiary/aromatic N) is 2. The lowest BCUT2D eigenvalue weighted by atomic mass is 10.1. The van der Waals surface area contributed by atoms with Crippen LogP contribution in [0, 0.1) is 10.1 Å². The topological polar surface area (TPSA) is 89.8 Å². The maximum atomic E-state index is 13.1. The van der Waals surface area contributed by atoms with Crippen molar-refractivity contribution in [3.05, 3.63) is 63.7 Å². The number of nitro groups is 1. The molecule has 8 heteroatoms. The zero-order valence-electron chi connectivity index (χ0n) is 14.0. The van der Waals surface area contributed by atoms with Gasteiger partial charge in [0.05, 0.1) is 23.3 Å². The first-order valence-corrected chi connectivity index (χ1v) is 8.91. The molecule has 0 radical (unpaired) electrons. The minimum atomic E-state index is -0.727. The van der Waals surface area contributed by atoms with E-state index in [-0.39, 0.29) is 22.7 Å². The molecule has 1 aliphatic heterocycles. The van der Waals surface area contributed by atoms with E-state index in [1.54, 1.807) is 16.7 Å². The molecular weight excluding hydrogens is 356 g/mol. The molecular formula is C18H16N2O5S. The summed E-state index contributed by atoms with van der Waals surface area (Å²) in [6.45, 7) is 0.499.